The first-order valence-electron chi connectivity index (χ1n) is 4.27. The van der Waals surface area contributed by atoms with E-state index in [9.17, 15) is 0 Å². The first-order valence-corrected chi connectivity index (χ1v) is 5.77. The lowest BCUT2D eigenvalue weighted by atomic mass is 10.1. The van der Waals surface area contributed by atoms with E-state index in [4.69, 9.17) is 4.84 Å². The van der Waals surface area contributed by atoms with Crippen molar-refractivity contribution in [2.75, 3.05) is 0 Å². The number of hydroxylamine groups is 1. The van der Waals surface area contributed by atoms with Crippen molar-refractivity contribution < 1.29 is 4.84 Å². The second-order valence-corrected chi connectivity index (χ2v) is 4.67. The van der Waals surface area contributed by atoms with Gasteiger partial charge in [0.25, 0.3) is 0 Å². The van der Waals surface area contributed by atoms with Crippen LogP contribution in [0.15, 0.2) is 34.8 Å². The Morgan fingerprint density at radius 2 is 1.93 bits per heavy atom. The van der Waals surface area contributed by atoms with E-state index in [0.29, 0.717) is 0 Å². The highest BCUT2D eigenvalue weighted by atomic mass is 79.9. The summed E-state index contributed by atoms with van der Waals surface area (Å²) >= 11 is 6.74. The lowest BCUT2D eigenvalue weighted by Crippen LogP contribution is -2.06. The highest BCUT2D eigenvalue weighted by Gasteiger charge is 2.20. The fraction of sp³-hybridized carbons (Fsp3) is 0.200. The van der Waals surface area contributed by atoms with Crippen LogP contribution in [0.3, 0.4) is 0 Å². The molecule has 0 bridgehead atoms. The van der Waals surface area contributed by atoms with Gasteiger partial charge in [-0.25, -0.2) is 0 Å². The van der Waals surface area contributed by atoms with Crippen molar-refractivity contribution in [3.8, 4) is 0 Å². The molecule has 0 aliphatic carbocycles. The lowest BCUT2D eigenvalue weighted by molar-refractivity contribution is -0.0305. The molecular formula is C10H9Br2NO. The minimum absolute atomic E-state index is 0.119. The predicted octanol–water partition coefficient (Wildman–Crippen LogP) is 3.74. The molecule has 1 heterocycles. The normalized spacial score (nSPS) is 21.2. The second-order valence-electron chi connectivity index (χ2n) is 3.11. The van der Waals surface area contributed by atoms with Crippen LogP contribution in [-0.2, 0) is 4.84 Å². The molecule has 2 nitrogen and oxygen atoms in total. The van der Waals surface area contributed by atoms with Crippen LogP contribution in [0.4, 0.5) is 0 Å². The maximum absolute atomic E-state index is 5.40. The van der Waals surface area contributed by atoms with Gasteiger partial charge in [0.1, 0.15) is 6.10 Å². The molecular weight excluding hydrogens is 310 g/mol. The van der Waals surface area contributed by atoms with Gasteiger partial charge in [-0.3, -0.25) is 4.84 Å². The summed E-state index contributed by atoms with van der Waals surface area (Å²) in [5.41, 5.74) is 2.18. The molecule has 74 valence electrons. The zero-order chi connectivity index (χ0) is 10.1. The molecule has 1 atom stereocenters. The minimum Gasteiger partial charge on any atom is -0.255 e. The first-order chi connectivity index (χ1) is 6.66. The van der Waals surface area contributed by atoms with Crippen molar-refractivity contribution in [1.29, 1.82) is 0 Å². The van der Waals surface area contributed by atoms with Crippen molar-refractivity contribution in [2.45, 2.75) is 13.0 Å². The third kappa shape index (κ3) is 2.02. The summed E-state index contributed by atoms with van der Waals surface area (Å²) in [5.74, 6) is 0. The molecule has 0 N–H and O–H groups in total. The monoisotopic (exact) mass is 317 g/mol. The van der Waals surface area contributed by atoms with Gasteiger partial charge in [-0.05, 0) is 25.1 Å². The van der Waals surface area contributed by atoms with Crippen molar-refractivity contribution in [3.05, 3.63) is 40.4 Å². The van der Waals surface area contributed by atoms with Gasteiger partial charge >= 0.3 is 0 Å². The van der Waals surface area contributed by atoms with Crippen molar-refractivity contribution in [2.24, 2.45) is 0 Å². The van der Waals surface area contributed by atoms with Gasteiger partial charge in [0.05, 0.1) is 21.8 Å². The van der Waals surface area contributed by atoms with Crippen LogP contribution in [0.5, 0.6) is 0 Å². The smallest absolute Gasteiger partial charge is 0.104 e. The summed E-state index contributed by atoms with van der Waals surface area (Å²) in [6.45, 7) is 2.00. The highest BCUT2D eigenvalue weighted by Crippen LogP contribution is 2.30. The predicted molar refractivity (Wildman–Crippen MR) is 63.4 cm³/mol. The zero-order valence-electron chi connectivity index (χ0n) is 7.58. The molecule has 0 aromatic heterocycles. The molecule has 1 unspecified atom stereocenters. The molecule has 1 aromatic rings. The Morgan fingerprint density at radius 1 is 1.29 bits per heavy atom. The Morgan fingerprint density at radius 3 is 2.43 bits per heavy atom. The molecule has 0 spiro atoms. The van der Waals surface area contributed by atoms with E-state index in [-0.39, 0.29) is 6.10 Å². The fourth-order valence-electron chi connectivity index (χ4n) is 1.33. The lowest BCUT2D eigenvalue weighted by Gasteiger charge is -2.12. The van der Waals surface area contributed by atoms with Crippen LogP contribution < -0.4 is 0 Å². The van der Waals surface area contributed by atoms with Crippen molar-refractivity contribution in [1.82, 2.24) is 4.09 Å². The van der Waals surface area contributed by atoms with E-state index in [1.165, 1.54) is 0 Å². The molecule has 0 amide bonds. The van der Waals surface area contributed by atoms with Gasteiger partial charge in [-0.15, -0.1) is 0 Å². The van der Waals surface area contributed by atoms with Crippen LogP contribution in [0, 0.1) is 0 Å². The maximum atomic E-state index is 5.40. The summed E-state index contributed by atoms with van der Waals surface area (Å²) in [7, 11) is 0. The summed E-state index contributed by atoms with van der Waals surface area (Å²) < 4.78 is 2.70. The number of benzene rings is 1. The van der Waals surface area contributed by atoms with Gasteiger partial charge < -0.3 is 0 Å². The Labute approximate surface area is 100.0 Å². The van der Waals surface area contributed by atoms with Crippen molar-refractivity contribution in [3.63, 3.8) is 0 Å². The largest absolute Gasteiger partial charge is 0.255 e. The summed E-state index contributed by atoms with van der Waals surface area (Å²) in [6, 6.07) is 8.12. The van der Waals surface area contributed by atoms with E-state index >= 15 is 0 Å². The molecule has 1 aliphatic heterocycles. The van der Waals surface area contributed by atoms with E-state index < -0.39 is 0 Å². The molecule has 1 aliphatic rings. The van der Waals surface area contributed by atoms with Gasteiger partial charge in [-0.1, -0.05) is 28.1 Å². The fourth-order valence-corrected chi connectivity index (χ4v) is 2.18. The average molecular weight is 319 g/mol. The summed E-state index contributed by atoms with van der Waals surface area (Å²) in [5, 5.41) is 0. The van der Waals surface area contributed by atoms with E-state index in [1.807, 2.05) is 31.2 Å². The maximum Gasteiger partial charge on any atom is 0.104 e. The highest BCUT2D eigenvalue weighted by molar-refractivity contribution is 9.10. The summed E-state index contributed by atoms with van der Waals surface area (Å²) in [6.07, 6.45) is 2.19. The Balaban J connectivity index is 2.31. The van der Waals surface area contributed by atoms with Gasteiger partial charge in [0.15, 0.2) is 0 Å². The quantitative estimate of drug-likeness (QED) is 0.731. The topological polar surface area (TPSA) is 12.5 Å². The third-order valence-electron chi connectivity index (χ3n) is 1.98. The number of hydrogen-bond donors (Lipinski definition) is 0. The SMILES string of the molecule is CC1C=C(c2ccc(Br)cc2)N(Br)O1. The molecule has 4 heteroatoms. The Hall–Kier alpha value is -0.320. The van der Waals surface area contributed by atoms with Crippen LogP contribution >= 0.6 is 32.1 Å². The molecule has 0 saturated heterocycles. The molecule has 0 radical (unpaired) electrons. The standard InChI is InChI=1S/C10H9Br2NO/c1-7-6-10(13(12)14-7)8-2-4-9(11)5-3-8/h2-7H,1H3. The van der Waals surface area contributed by atoms with Crippen LogP contribution in [0.25, 0.3) is 5.70 Å². The van der Waals surface area contributed by atoms with Crippen LogP contribution in [-0.4, -0.2) is 10.2 Å². The molecule has 0 saturated carbocycles. The molecule has 0 fully saturated rings. The van der Waals surface area contributed by atoms with Crippen molar-refractivity contribution >= 4 is 37.8 Å². The average Bonchev–Trinajstić information content (AvgIpc) is 2.47. The van der Waals surface area contributed by atoms with Gasteiger partial charge in [-0.2, -0.15) is 4.09 Å². The molecule has 14 heavy (non-hydrogen) atoms. The minimum atomic E-state index is 0.119. The van der Waals surface area contributed by atoms with Gasteiger partial charge in [0, 0.05) is 10.0 Å². The van der Waals surface area contributed by atoms with Crippen LogP contribution in [0.1, 0.15) is 12.5 Å². The van der Waals surface area contributed by atoms with E-state index in [2.05, 4.69) is 38.2 Å². The number of hydrogen-bond acceptors (Lipinski definition) is 2. The Bertz CT molecular complexity index is 361. The molecule has 2 rings (SSSR count). The molecule has 1 aromatic carbocycles. The number of rotatable bonds is 1. The Kier molecular flexibility index (Phi) is 2.95. The first kappa shape index (κ1) is 10.2. The number of nitrogens with zero attached hydrogens (tertiary/aromatic N) is 1. The second kappa shape index (κ2) is 4.04. The summed E-state index contributed by atoms with van der Waals surface area (Å²) in [4.78, 5) is 5.40. The van der Waals surface area contributed by atoms with E-state index in [0.717, 1.165) is 15.7 Å². The zero-order valence-corrected chi connectivity index (χ0v) is 10.7. The number of halogens is 2. The third-order valence-corrected chi connectivity index (χ3v) is 3.06. The van der Waals surface area contributed by atoms with Gasteiger partial charge in [0.2, 0.25) is 0 Å². The van der Waals surface area contributed by atoms with Crippen LogP contribution in [0.2, 0.25) is 0 Å². The van der Waals surface area contributed by atoms with E-state index in [1.54, 1.807) is 4.09 Å².